The number of ether oxygens (including phenoxy) is 3. The second kappa shape index (κ2) is 7.51. The number of hydrogen-bond acceptors (Lipinski definition) is 8. The standard InChI is InChI=1S/C22H32N6O3/c1-6-13-7-14(8-13)27(12(2)3)9-15-17-18(31-22(4,5)30-17)21(29-15)28-11-26-16-19(23)24-10-25-20(16)28/h6,10-15,17-18,21H,1,7-9H2,2-5H3,(H2,23,24,25). The number of fused-ring (bicyclic) bond motifs is 2. The van der Waals surface area contributed by atoms with E-state index in [1.165, 1.54) is 6.33 Å². The van der Waals surface area contributed by atoms with Gasteiger partial charge in [-0.05, 0) is 46.5 Å². The minimum absolute atomic E-state index is 0.126. The number of nitrogens with zero attached hydrogens (tertiary/aromatic N) is 5. The Morgan fingerprint density at radius 3 is 2.71 bits per heavy atom. The Morgan fingerprint density at radius 2 is 2.00 bits per heavy atom. The van der Waals surface area contributed by atoms with Gasteiger partial charge in [0.1, 0.15) is 30.2 Å². The predicted molar refractivity (Wildman–Crippen MR) is 116 cm³/mol. The minimum Gasteiger partial charge on any atom is -0.382 e. The lowest BCUT2D eigenvalue weighted by Crippen LogP contribution is -2.52. The number of allylic oxidation sites excluding steroid dienone is 1. The summed E-state index contributed by atoms with van der Waals surface area (Å²) in [5.41, 5.74) is 7.19. The van der Waals surface area contributed by atoms with Crippen molar-refractivity contribution in [1.82, 2.24) is 24.4 Å². The maximum absolute atomic E-state index is 6.58. The van der Waals surface area contributed by atoms with Gasteiger partial charge in [0.2, 0.25) is 0 Å². The zero-order valence-corrected chi connectivity index (χ0v) is 18.6. The fourth-order valence-electron chi connectivity index (χ4n) is 5.17. The van der Waals surface area contributed by atoms with E-state index in [0.717, 1.165) is 19.4 Å². The third-order valence-electron chi connectivity index (χ3n) is 6.79. The molecule has 4 heterocycles. The van der Waals surface area contributed by atoms with Crippen LogP contribution in [0.5, 0.6) is 0 Å². The lowest BCUT2D eigenvalue weighted by atomic mass is 9.79. The molecule has 2 saturated heterocycles. The van der Waals surface area contributed by atoms with E-state index in [2.05, 4.69) is 46.4 Å². The van der Waals surface area contributed by atoms with Crippen molar-refractivity contribution in [2.24, 2.45) is 5.92 Å². The van der Waals surface area contributed by atoms with E-state index in [9.17, 15) is 0 Å². The van der Waals surface area contributed by atoms with Gasteiger partial charge < -0.3 is 19.9 Å². The fourth-order valence-corrected chi connectivity index (χ4v) is 5.17. The van der Waals surface area contributed by atoms with Crippen LogP contribution in [0, 0.1) is 5.92 Å². The van der Waals surface area contributed by atoms with Crippen LogP contribution >= 0.6 is 0 Å². The summed E-state index contributed by atoms with van der Waals surface area (Å²) in [6, 6.07) is 0.954. The summed E-state index contributed by atoms with van der Waals surface area (Å²) in [4.78, 5) is 15.4. The van der Waals surface area contributed by atoms with Crippen molar-refractivity contribution in [3.05, 3.63) is 25.3 Å². The van der Waals surface area contributed by atoms with Crippen molar-refractivity contribution in [2.75, 3.05) is 12.3 Å². The molecular formula is C22H32N6O3. The Hall–Kier alpha value is -2.07. The van der Waals surface area contributed by atoms with Crippen molar-refractivity contribution in [2.45, 2.75) is 82.9 Å². The van der Waals surface area contributed by atoms with E-state index >= 15 is 0 Å². The number of imidazole rings is 1. The largest absolute Gasteiger partial charge is 0.382 e. The molecule has 168 valence electrons. The van der Waals surface area contributed by atoms with Gasteiger partial charge in [-0.25, -0.2) is 15.0 Å². The second-order valence-electron chi connectivity index (χ2n) is 9.62. The SMILES string of the molecule is C=CC1CC(N(CC2OC(n3cnc4c(N)ncnc43)C3OC(C)(C)OC23)C(C)C)C1. The van der Waals surface area contributed by atoms with Gasteiger partial charge in [-0.15, -0.1) is 6.58 Å². The molecule has 9 heteroatoms. The van der Waals surface area contributed by atoms with Crippen molar-refractivity contribution < 1.29 is 14.2 Å². The summed E-state index contributed by atoms with van der Waals surface area (Å²) in [6.45, 7) is 13.1. The molecule has 9 nitrogen and oxygen atoms in total. The molecule has 2 aromatic heterocycles. The van der Waals surface area contributed by atoms with Crippen molar-refractivity contribution in [1.29, 1.82) is 0 Å². The molecule has 0 spiro atoms. The molecule has 4 atom stereocenters. The molecule has 0 radical (unpaired) electrons. The lowest BCUT2D eigenvalue weighted by Gasteiger charge is -2.45. The van der Waals surface area contributed by atoms with Crippen LogP contribution in [0.15, 0.2) is 25.3 Å². The first-order chi connectivity index (χ1) is 14.8. The zero-order valence-electron chi connectivity index (χ0n) is 18.6. The highest BCUT2D eigenvalue weighted by Crippen LogP contribution is 2.45. The first-order valence-electron chi connectivity index (χ1n) is 11.1. The van der Waals surface area contributed by atoms with Crippen molar-refractivity contribution in [3.63, 3.8) is 0 Å². The van der Waals surface area contributed by atoms with Gasteiger partial charge in [0, 0.05) is 18.6 Å². The molecule has 1 aliphatic carbocycles. The number of nitrogen functional groups attached to an aromatic ring is 1. The molecule has 2 N–H and O–H groups in total. The van der Waals surface area contributed by atoms with Gasteiger partial charge >= 0.3 is 0 Å². The van der Waals surface area contributed by atoms with Crippen LogP contribution in [0.4, 0.5) is 5.82 Å². The average Bonchev–Trinajstić information content (AvgIpc) is 3.32. The summed E-state index contributed by atoms with van der Waals surface area (Å²) in [5, 5.41) is 0. The van der Waals surface area contributed by atoms with Crippen molar-refractivity contribution >= 4 is 17.0 Å². The van der Waals surface area contributed by atoms with Crippen LogP contribution in [-0.2, 0) is 14.2 Å². The number of anilines is 1. The molecule has 3 fully saturated rings. The van der Waals surface area contributed by atoms with E-state index in [4.69, 9.17) is 19.9 Å². The highest BCUT2D eigenvalue weighted by molar-refractivity contribution is 5.81. The van der Waals surface area contributed by atoms with E-state index in [1.807, 2.05) is 18.4 Å². The second-order valence-corrected chi connectivity index (χ2v) is 9.62. The van der Waals surface area contributed by atoms with Gasteiger partial charge in [-0.1, -0.05) is 6.08 Å². The molecule has 2 aromatic rings. The molecular weight excluding hydrogens is 396 g/mol. The van der Waals surface area contributed by atoms with Crippen LogP contribution in [0.3, 0.4) is 0 Å². The predicted octanol–water partition coefficient (Wildman–Crippen LogP) is 2.50. The minimum atomic E-state index is -0.674. The molecule has 31 heavy (non-hydrogen) atoms. The fraction of sp³-hybridized carbons (Fsp3) is 0.682. The summed E-state index contributed by atoms with van der Waals surface area (Å²) >= 11 is 0. The molecule has 2 aliphatic heterocycles. The maximum Gasteiger partial charge on any atom is 0.167 e. The van der Waals surface area contributed by atoms with Gasteiger partial charge in [0.25, 0.3) is 0 Å². The molecule has 4 unspecified atom stereocenters. The maximum atomic E-state index is 6.58. The molecule has 3 aliphatic rings. The summed E-state index contributed by atoms with van der Waals surface area (Å²) < 4.78 is 21.1. The van der Waals surface area contributed by atoms with Crippen molar-refractivity contribution in [3.8, 4) is 0 Å². The Balaban J connectivity index is 1.42. The van der Waals surface area contributed by atoms with E-state index < -0.39 is 12.0 Å². The number of hydrogen-bond donors (Lipinski definition) is 1. The average molecular weight is 429 g/mol. The number of rotatable bonds is 6. The molecule has 0 aromatic carbocycles. The highest BCUT2D eigenvalue weighted by Gasteiger charge is 2.56. The van der Waals surface area contributed by atoms with Gasteiger partial charge in [0.15, 0.2) is 23.5 Å². The first-order valence-corrected chi connectivity index (χ1v) is 11.1. The molecule has 1 saturated carbocycles. The number of aromatic nitrogens is 4. The smallest absolute Gasteiger partial charge is 0.167 e. The van der Waals surface area contributed by atoms with E-state index in [0.29, 0.717) is 35.0 Å². The lowest BCUT2D eigenvalue weighted by molar-refractivity contribution is -0.199. The van der Waals surface area contributed by atoms with Gasteiger partial charge in [0.05, 0.1) is 6.33 Å². The molecule has 0 bridgehead atoms. The summed E-state index contributed by atoms with van der Waals surface area (Å²) in [7, 11) is 0. The van der Waals surface area contributed by atoms with Crippen LogP contribution < -0.4 is 5.73 Å². The number of nitrogens with two attached hydrogens (primary N) is 1. The Morgan fingerprint density at radius 1 is 1.26 bits per heavy atom. The molecule has 5 rings (SSSR count). The Kier molecular flexibility index (Phi) is 5.04. The van der Waals surface area contributed by atoms with Gasteiger partial charge in [-0.3, -0.25) is 9.47 Å². The van der Waals surface area contributed by atoms with E-state index in [-0.39, 0.29) is 18.3 Å². The van der Waals surface area contributed by atoms with E-state index in [1.54, 1.807) is 6.33 Å². The summed E-state index contributed by atoms with van der Waals surface area (Å²) in [6.07, 6.45) is 6.57. The van der Waals surface area contributed by atoms with Gasteiger partial charge in [-0.2, -0.15) is 0 Å². The van der Waals surface area contributed by atoms with Crippen LogP contribution in [-0.4, -0.2) is 67.1 Å². The quantitative estimate of drug-likeness (QED) is 0.701. The zero-order chi connectivity index (χ0) is 21.9. The van der Waals surface area contributed by atoms with Crippen LogP contribution in [0.25, 0.3) is 11.2 Å². The van der Waals surface area contributed by atoms with Crippen LogP contribution in [0.1, 0.15) is 46.8 Å². The Bertz CT molecular complexity index is 969. The third-order valence-corrected chi connectivity index (χ3v) is 6.79. The third kappa shape index (κ3) is 3.53. The normalized spacial score (nSPS) is 34.4. The monoisotopic (exact) mass is 428 g/mol. The first kappa shape index (κ1) is 20.8. The topological polar surface area (TPSA) is 101 Å². The van der Waals surface area contributed by atoms with Crippen LogP contribution in [0.2, 0.25) is 0 Å². The summed E-state index contributed by atoms with van der Waals surface area (Å²) in [5.74, 6) is 0.294. The molecule has 0 amide bonds. The highest BCUT2D eigenvalue weighted by atomic mass is 16.8. The Labute approximate surface area is 182 Å².